The van der Waals surface area contributed by atoms with Crippen molar-refractivity contribution in [2.75, 3.05) is 30.4 Å². The molecule has 0 aliphatic carbocycles. The number of rotatable bonds is 10. The van der Waals surface area contributed by atoms with Gasteiger partial charge in [-0.15, -0.1) is 0 Å². The third kappa shape index (κ3) is 7.85. The molecule has 192 valence electrons. The van der Waals surface area contributed by atoms with Crippen molar-refractivity contribution in [1.29, 1.82) is 0 Å². The molecule has 0 amide bonds. The fraction of sp³-hybridized carbons (Fsp3) is 0.258. The number of anilines is 2. The minimum atomic E-state index is 0.728. The zero-order chi connectivity index (χ0) is 26.2. The summed E-state index contributed by atoms with van der Waals surface area (Å²) >= 11 is 12.0. The van der Waals surface area contributed by atoms with Gasteiger partial charge in [0.15, 0.2) is 5.11 Å². The predicted octanol–water partition coefficient (Wildman–Crippen LogP) is 7.53. The standard InChI is InChI=1S/C31H35ClN4S/c1-24-19-25(2)21-28(20-24)33-31(37)36(18-8-16-34(3)29-9-5-4-6-10-29)23-30-11-7-17-35(30)22-26-12-14-27(32)15-13-26/h4-7,9-15,17,19-21H,8,16,18,22-23H2,1-3H3,(H,33,37). The molecular formula is C31H35ClN4S. The van der Waals surface area contributed by atoms with Crippen LogP contribution >= 0.6 is 23.8 Å². The Morgan fingerprint density at radius 2 is 1.59 bits per heavy atom. The number of aryl methyl sites for hydroxylation is 2. The van der Waals surface area contributed by atoms with Gasteiger partial charge in [-0.25, -0.2) is 0 Å². The predicted molar refractivity (Wildman–Crippen MR) is 162 cm³/mol. The Kier molecular flexibility index (Phi) is 9.26. The first-order valence-electron chi connectivity index (χ1n) is 12.7. The molecule has 0 fully saturated rings. The number of thiocarbonyl (C=S) groups is 1. The van der Waals surface area contributed by atoms with Gasteiger partial charge >= 0.3 is 0 Å². The van der Waals surface area contributed by atoms with Crippen LogP contribution in [0.3, 0.4) is 0 Å². The van der Waals surface area contributed by atoms with Crippen molar-refractivity contribution in [2.45, 2.75) is 33.4 Å². The Labute approximate surface area is 231 Å². The Bertz CT molecular complexity index is 1280. The van der Waals surface area contributed by atoms with Crippen LogP contribution in [0.15, 0.2) is 91.1 Å². The summed E-state index contributed by atoms with van der Waals surface area (Å²) in [6.07, 6.45) is 3.11. The molecule has 6 heteroatoms. The van der Waals surface area contributed by atoms with Gasteiger partial charge in [0.2, 0.25) is 0 Å². The summed E-state index contributed by atoms with van der Waals surface area (Å²) in [7, 11) is 2.14. The fourth-order valence-corrected chi connectivity index (χ4v) is 4.94. The molecule has 37 heavy (non-hydrogen) atoms. The highest BCUT2D eigenvalue weighted by molar-refractivity contribution is 7.80. The maximum Gasteiger partial charge on any atom is 0.173 e. The average molecular weight is 531 g/mol. The van der Waals surface area contributed by atoms with Crippen LogP contribution in [0.2, 0.25) is 5.02 Å². The van der Waals surface area contributed by atoms with E-state index >= 15 is 0 Å². The lowest BCUT2D eigenvalue weighted by Gasteiger charge is -2.28. The van der Waals surface area contributed by atoms with E-state index in [9.17, 15) is 0 Å². The van der Waals surface area contributed by atoms with E-state index in [1.54, 1.807) is 0 Å². The van der Waals surface area contributed by atoms with Gasteiger partial charge in [0.25, 0.3) is 0 Å². The minimum Gasteiger partial charge on any atom is -0.375 e. The van der Waals surface area contributed by atoms with Gasteiger partial charge in [0, 0.05) is 55.0 Å². The molecule has 3 aromatic carbocycles. The zero-order valence-electron chi connectivity index (χ0n) is 21.8. The lowest BCUT2D eigenvalue weighted by molar-refractivity contribution is 0.399. The third-order valence-electron chi connectivity index (χ3n) is 6.42. The maximum atomic E-state index is 6.09. The second kappa shape index (κ2) is 12.8. The van der Waals surface area contributed by atoms with Gasteiger partial charge in [-0.05, 0) is 97.7 Å². The van der Waals surface area contributed by atoms with E-state index < -0.39 is 0 Å². The van der Waals surface area contributed by atoms with Crippen LogP contribution in [0, 0.1) is 13.8 Å². The number of hydrogen-bond donors (Lipinski definition) is 1. The van der Waals surface area contributed by atoms with Crippen molar-refractivity contribution in [1.82, 2.24) is 9.47 Å². The van der Waals surface area contributed by atoms with Crippen LogP contribution in [0.25, 0.3) is 0 Å². The molecule has 0 aliphatic heterocycles. The molecule has 4 rings (SSSR count). The Balaban J connectivity index is 1.47. The molecule has 0 aliphatic rings. The highest BCUT2D eigenvalue weighted by atomic mass is 35.5. The molecule has 0 saturated carbocycles. The van der Waals surface area contributed by atoms with Crippen LogP contribution < -0.4 is 10.2 Å². The number of halogens is 1. The number of hydrogen-bond acceptors (Lipinski definition) is 2. The first-order chi connectivity index (χ1) is 17.9. The van der Waals surface area contributed by atoms with Crippen molar-refractivity contribution in [3.05, 3.63) is 119 Å². The van der Waals surface area contributed by atoms with E-state index in [2.05, 4.69) is 120 Å². The van der Waals surface area contributed by atoms with Crippen molar-refractivity contribution >= 4 is 40.3 Å². The molecule has 1 N–H and O–H groups in total. The topological polar surface area (TPSA) is 23.4 Å². The molecular weight excluding hydrogens is 496 g/mol. The van der Waals surface area contributed by atoms with Gasteiger partial charge in [-0.2, -0.15) is 0 Å². The van der Waals surface area contributed by atoms with E-state index in [0.717, 1.165) is 48.4 Å². The summed E-state index contributed by atoms with van der Waals surface area (Å²) in [5.41, 5.74) is 7.13. The second-order valence-corrected chi connectivity index (χ2v) is 10.4. The van der Waals surface area contributed by atoms with Crippen LogP contribution in [0.5, 0.6) is 0 Å². The molecule has 0 bridgehead atoms. The lowest BCUT2D eigenvalue weighted by Crippen LogP contribution is -2.37. The average Bonchev–Trinajstić information content (AvgIpc) is 3.31. The van der Waals surface area contributed by atoms with Crippen LogP contribution in [-0.4, -0.2) is 34.7 Å². The van der Waals surface area contributed by atoms with E-state index in [-0.39, 0.29) is 0 Å². The van der Waals surface area contributed by atoms with Gasteiger partial charge in [-0.1, -0.05) is 48.0 Å². The van der Waals surface area contributed by atoms with Crippen molar-refractivity contribution < 1.29 is 0 Å². The Hall–Kier alpha value is -3.28. The van der Waals surface area contributed by atoms with Gasteiger partial charge in [-0.3, -0.25) is 0 Å². The number of benzene rings is 3. The van der Waals surface area contributed by atoms with Crippen LogP contribution in [-0.2, 0) is 13.1 Å². The number of nitrogens with zero attached hydrogens (tertiary/aromatic N) is 3. The zero-order valence-corrected chi connectivity index (χ0v) is 23.4. The number of aromatic nitrogens is 1. The Morgan fingerprint density at radius 3 is 2.30 bits per heavy atom. The molecule has 0 spiro atoms. The molecule has 0 radical (unpaired) electrons. The quantitative estimate of drug-likeness (QED) is 0.214. The fourth-order valence-electron chi connectivity index (χ4n) is 4.54. The first-order valence-corrected chi connectivity index (χ1v) is 13.4. The lowest BCUT2D eigenvalue weighted by atomic mass is 10.1. The summed E-state index contributed by atoms with van der Waals surface area (Å²) in [4.78, 5) is 4.57. The normalized spacial score (nSPS) is 10.8. The van der Waals surface area contributed by atoms with E-state index in [1.807, 2.05) is 12.1 Å². The molecule has 0 unspecified atom stereocenters. The summed E-state index contributed by atoms with van der Waals surface area (Å²) in [6.45, 7) is 7.54. The number of nitrogens with one attached hydrogen (secondary N) is 1. The molecule has 0 atom stereocenters. The minimum absolute atomic E-state index is 0.728. The van der Waals surface area contributed by atoms with E-state index in [1.165, 1.54) is 28.1 Å². The van der Waals surface area contributed by atoms with Crippen LogP contribution in [0.1, 0.15) is 28.8 Å². The molecule has 1 aromatic heterocycles. The van der Waals surface area contributed by atoms with Crippen LogP contribution in [0.4, 0.5) is 11.4 Å². The van der Waals surface area contributed by atoms with E-state index in [4.69, 9.17) is 23.8 Å². The summed E-state index contributed by atoms with van der Waals surface area (Å²) in [5, 5.41) is 5.00. The molecule has 0 saturated heterocycles. The summed E-state index contributed by atoms with van der Waals surface area (Å²) in [5.74, 6) is 0. The molecule has 1 heterocycles. The monoisotopic (exact) mass is 530 g/mol. The SMILES string of the molecule is Cc1cc(C)cc(NC(=S)N(CCCN(C)c2ccccc2)Cc2cccn2Cc2ccc(Cl)cc2)c1. The van der Waals surface area contributed by atoms with Gasteiger partial charge in [0.05, 0.1) is 6.54 Å². The summed E-state index contributed by atoms with van der Waals surface area (Å²) in [6, 6.07) is 29.3. The molecule has 4 aromatic rings. The second-order valence-electron chi connectivity index (χ2n) is 9.59. The summed E-state index contributed by atoms with van der Waals surface area (Å²) < 4.78 is 2.28. The maximum absolute atomic E-state index is 6.09. The van der Waals surface area contributed by atoms with Crippen molar-refractivity contribution in [2.24, 2.45) is 0 Å². The van der Waals surface area contributed by atoms with Gasteiger partial charge in [0.1, 0.15) is 0 Å². The van der Waals surface area contributed by atoms with Crippen molar-refractivity contribution in [3.8, 4) is 0 Å². The third-order valence-corrected chi connectivity index (χ3v) is 7.03. The highest BCUT2D eigenvalue weighted by Gasteiger charge is 2.14. The molecule has 4 nitrogen and oxygen atoms in total. The van der Waals surface area contributed by atoms with Crippen molar-refractivity contribution in [3.63, 3.8) is 0 Å². The largest absolute Gasteiger partial charge is 0.375 e. The highest BCUT2D eigenvalue weighted by Crippen LogP contribution is 2.18. The Morgan fingerprint density at radius 1 is 0.892 bits per heavy atom. The first kappa shape index (κ1) is 26.8. The number of para-hydroxylation sites is 1. The van der Waals surface area contributed by atoms with Gasteiger partial charge < -0.3 is 19.7 Å². The van der Waals surface area contributed by atoms with E-state index in [0.29, 0.717) is 0 Å². The smallest absolute Gasteiger partial charge is 0.173 e.